The zero-order chi connectivity index (χ0) is 24.2. The molecule has 1 saturated heterocycles. The van der Waals surface area contributed by atoms with Crippen LogP contribution in [0.15, 0.2) is 73.1 Å². The number of benzene rings is 2. The van der Waals surface area contributed by atoms with Crippen LogP contribution in [0.4, 0.5) is 0 Å². The number of rotatable bonds is 7. The van der Waals surface area contributed by atoms with E-state index < -0.39 is 0 Å². The third-order valence-corrected chi connectivity index (χ3v) is 6.93. The van der Waals surface area contributed by atoms with Crippen LogP contribution >= 0.6 is 0 Å². The van der Waals surface area contributed by atoms with Gasteiger partial charge < -0.3 is 9.30 Å². The number of ether oxygens (including phenoxy) is 1. The van der Waals surface area contributed by atoms with Crippen molar-refractivity contribution in [1.29, 1.82) is 0 Å². The van der Waals surface area contributed by atoms with E-state index in [9.17, 15) is 9.59 Å². The first-order chi connectivity index (χ1) is 17.1. The Bertz CT molecular complexity index is 1320. The minimum absolute atomic E-state index is 0.323. The molecule has 0 atom stereocenters. The molecule has 3 heterocycles. The Hall–Kier alpha value is -3.77. The van der Waals surface area contributed by atoms with Crippen LogP contribution in [0.25, 0.3) is 11.0 Å². The summed E-state index contributed by atoms with van der Waals surface area (Å²) in [5.74, 6) is 0.200. The minimum atomic E-state index is -0.323. The fraction of sp³-hybridized carbons (Fsp3) is 0.276. The van der Waals surface area contributed by atoms with E-state index in [-0.39, 0.29) is 5.97 Å². The maximum absolute atomic E-state index is 11.7. The third kappa shape index (κ3) is 5.17. The Morgan fingerprint density at radius 1 is 1.00 bits per heavy atom. The molecule has 0 amide bonds. The standard InChI is InChI=1S/C29H29N3O3/c1-35-29(34)25-8-6-22(7-9-25)19-32-15-12-26-16-27(17-30-28(26)32)24-10-13-31(14-11-24)18-21-2-4-23(20-33)5-3-21/h2-9,12,15-17,20,24H,10-11,13-14,18-19H2,1H3. The molecule has 1 aliphatic heterocycles. The first-order valence-corrected chi connectivity index (χ1v) is 12.0. The number of methoxy groups -OCH3 is 1. The van der Waals surface area contributed by atoms with Crippen molar-refractivity contribution in [1.82, 2.24) is 14.5 Å². The summed E-state index contributed by atoms with van der Waals surface area (Å²) in [7, 11) is 1.39. The number of nitrogens with zero attached hydrogens (tertiary/aromatic N) is 3. The fourth-order valence-corrected chi connectivity index (χ4v) is 4.89. The first-order valence-electron chi connectivity index (χ1n) is 12.0. The second kappa shape index (κ2) is 10.2. The molecule has 2 aromatic heterocycles. The van der Waals surface area contributed by atoms with E-state index in [0.29, 0.717) is 18.0 Å². The van der Waals surface area contributed by atoms with Gasteiger partial charge >= 0.3 is 5.97 Å². The molecule has 0 N–H and O–H groups in total. The second-order valence-corrected chi connectivity index (χ2v) is 9.22. The van der Waals surface area contributed by atoms with E-state index in [2.05, 4.69) is 27.8 Å². The summed E-state index contributed by atoms with van der Waals surface area (Å²) >= 11 is 0. The van der Waals surface area contributed by atoms with Crippen LogP contribution in [0.5, 0.6) is 0 Å². The van der Waals surface area contributed by atoms with Crippen LogP contribution in [-0.4, -0.2) is 46.9 Å². The highest BCUT2D eigenvalue weighted by Crippen LogP contribution is 2.30. The molecule has 4 aromatic rings. The van der Waals surface area contributed by atoms with E-state index in [4.69, 9.17) is 9.72 Å². The number of hydrogen-bond donors (Lipinski definition) is 0. The smallest absolute Gasteiger partial charge is 0.337 e. The minimum Gasteiger partial charge on any atom is -0.465 e. The van der Waals surface area contributed by atoms with Gasteiger partial charge in [0.05, 0.1) is 12.7 Å². The zero-order valence-electron chi connectivity index (χ0n) is 19.9. The van der Waals surface area contributed by atoms with Crippen molar-refractivity contribution in [2.45, 2.75) is 31.8 Å². The topological polar surface area (TPSA) is 64.4 Å². The van der Waals surface area contributed by atoms with E-state index in [1.54, 1.807) is 12.1 Å². The summed E-state index contributed by atoms with van der Waals surface area (Å²) < 4.78 is 6.92. The van der Waals surface area contributed by atoms with E-state index in [0.717, 1.165) is 60.9 Å². The number of fused-ring (bicyclic) bond motifs is 1. The maximum Gasteiger partial charge on any atom is 0.337 e. The number of aldehydes is 1. The Morgan fingerprint density at radius 3 is 2.37 bits per heavy atom. The summed E-state index contributed by atoms with van der Waals surface area (Å²) in [4.78, 5) is 29.8. The number of likely N-dealkylation sites (tertiary alicyclic amines) is 1. The Labute approximate surface area is 205 Å². The highest BCUT2D eigenvalue weighted by molar-refractivity contribution is 5.89. The van der Waals surface area contributed by atoms with Crippen molar-refractivity contribution in [2.24, 2.45) is 0 Å². The summed E-state index contributed by atoms with van der Waals surface area (Å²) in [6.45, 7) is 3.73. The van der Waals surface area contributed by atoms with Crippen molar-refractivity contribution in [2.75, 3.05) is 20.2 Å². The van der Waals surface area contributed by atoms with Crippen LogP contribution in [0.2, 0.25) is 0 Å². The van der Waals surface area contributed by atoms with Gasteiger partial charge in [-0.25, -0.2) is 9.78 Å². The van der Waals surface area contributed by atoms with Crippen molar-refractivity contribution in [3.8, 4) is 0 Å². The van der Waals surface area contributed by atoms with Gasteiger partial charge in [0, 0.05) is 36.4 Å². The van der Waals surface area contributed by atoms with Crippen LogP contribution in [0.3, 0.4) is 0 Å². The lowest BCUT2D eigenvalue weighted by Gasteiger charge is -2.32. The fourth-order valence-electron chi connectivity index (χ4n) is 4.89. The number of pyridine rings is 1. The van der Waals surface area contributed by atoms with Crippen LogP contribution in [0.1, 0.15) is 56.2 Å². The summed E-state index contributed by atoms with van der Waals surface area (Å²) in [6, 6.07) is 19.8. The third-order valence-electron chi connectivity index (χ3n) is 6.93. The lowest BCUT2D eigenvalue weighted by Crippen LogP contribution is -2.32. The molecule has 1 fully saturated rings. The molecule has 0 radical (unpaired) electrons. The summed E-state index contributed by atoms with van der Waals surface area (Å²) in [5, 5.41) is 1.16. The molecule has 5 rings (SSSR count). The lowest BCUT2D eigenvalue weighted by atomic mass is 9.90. The normalized spacial score (nSPS) is 14.8. The molecule has 0 unspecified atom stereocenters. The molecule has 0 saturated carbocycles. The van der Waals surface area contributed by atoms with Gasteiger partial charge in [-0.1, -0.05) is 36.4 Å². The molecule has 6 heteroatoms. The van der Waals surface area contributed by atoms with Crippen LogP contribution in [0, 0.1) is 0 Å². The van der Waals surface area contributed by atoms with Crippen molar-refractivity contribution in [3.63, 3.8) is 0 Å². The molecular formula is C29H29N3O3. The molecule has 0 bridgehead atoms. The van der Waals surface area contributed by atoms with Crippen molar-refractivity contribution < 1.29 is 14.3 Å². The zero-order valence-corrected chi connectivity index (χ0v) is 19.9. The number of piperidine rings is 1. The van der Waals surface area contributed by atoms with Gasteiger partial charge in [0.15, 0.2) is 0 Å². The summed E-state index contributed by atoms with van der Waals surface area (Å²) in [5.41, 5.74) is 5.92. The van der Waals surface area contributed by atoms with Gasteiger partial charge in [0.2, 0.25) is 0 Å². The van der Waals surface area contributed by atoms with Gasteiger partial charge in [-0.05, 0) is 72.8 Å². The second-order valence-electron chi connectivity index (χ2n) is 9.22. The molecular weight excluding hydrogens is 438 g/mol. The van der Waals surface area contributed by atoms with Gasteiger partial charge in [0.25, 0.3) is 0 Å². The molecule has 0 spiro atoms. The average molecular weight is 468 g/mol. The molecule has 1 aliphatic rings. The number of carbonyl (C=O) groups excluding carboxylic acids is 2. The van der Waals surface area contributed by atoms with E-state index in [1.807, 2.05) is 42.6 Å². The molecule has 0 aliphatic carbocycles. The van der Waals surface area contributed by atoms with Crippen LogP contribution < -0.4 is 0 Å². The van der Waals surface area contributed by atoms with Crippen LogP contribution in [-0.2, 0) is 17.8 Å². The van der Waals surface area contributed by atoms with E-state index in [1.165, 1.54) is 18.2 Å². The molecule has 2 aromatic carbocycles. The average Bonchev–Trinajstić information content (AvgIpc) is 3.31. The molecule has 178 valence electrons. The quantitative estimate of drug-likeness (QED) is 0.281. The summed E-state index contributed by atoms with van der Waals surface area (Å²) in [6.07, 6.45) is 7.24. The Morgan fingerprint density at radius 2 is 1.69 bits per heavy atom. The number of hydrogen-bond acceptors (Lipinski definition) is 5. The Balaban J connectivity index is 1.21. The maximum atomic E-state index is 11.7. The lowest BCUT2D eigenvalue weighted by molar-refractivity contribution is 0.0600. The van der Waals surface area contributed by atoms with Gasteiger partial charge in [-0.2, -0.15) is 0 Å². The number of aromatic nitrogens is 2. The monoisotopic (exact) mass is 467 g/mol. The first kappa shape index (κ1) is 23.0. The molecule has 35 heavy (non-hydrogen) atoms. The van der Waals surface area contributed by atoms with Gasteiger partial charge in [-0.15, -0.1) is 0 Å². The highest BCUT2D eigenvalue weighted by Gasteiger charge is 2.21. The predicted molar refractivity (Wildman–Crippen MR) is 136 cm³/mol. The van der Waals surface area contributed by atoms with Crippen molar-refractivity contribution >= 4 is 23.3 Å². The predicted octanol–water partition coefficient (Wildman–Crippen LogP) is 5.06. The Kier molecular flexibility index (Phi) is 6.73. The number of esters is 1. The van der Waals surface area contributed by atoms with Gasteiger partial charge in [0.1, 0.15) is 11.9 Å². The molecule has 6 nitrogen and oxygen atoms in total. The largest absolute Gasteiger partial charge is 0.465 e. The van der Waals surface area contributed by atoms with Gasteiger partial charge in [-0.3, -0.25) is 9.69 Å². The van der Waals surface area contributed by atoms with E-state index >= 15 is 0 Å². The SMILES string of the molecule is COC(=O)c1ccc(Cn2ccc3cc(C4CCN(Cc5ccc(C=O)cc5)CC4)cnc32)cc1. The highest BCUT2D eigenvalue weighted by atomic mass is 16.5. The number of carbonyl (C=O) groups is 2. The van der Waals surface area contributed by atoms with Crippen molar-refractivity contribution in [3.05, 3.63) is 101 Å².